The molecule has 0 fully saturated rings. The Labute approximate surface area is 219 Å². The van der Waals surface area contributed by atoms with Crippen molar-refractivity contribution in [3.8, 4) is 11.5 Å². The Morgan fingerprint density at radius 2 is 1.97 bits per heavy atom. The summed E-state index contributed by atoms with van der Waals surface area (Å²) in [6, 6.07) is 20.1. The van der Waals surface area contributed by atoms with E-state index in [0.717, 1.165) is 28.1 Å². The number of nitrogens with zero attached hydrogens (tertiary/aromatic N) is 3. The number of rotatable bonds is 7. The van der Waals surface area contributed by atoms with Gasteiger partial charge in [-0.2, -0.15) is 5.10 Å². The summed E-state index contributed by atoms with van der Waals surface area (Å²) >= 11 is 0. The van der Waals surface area contributed by atoms with Gasteiger partial charge in [0, 0.05) is 30.7 Å². The number of nitrogens with one attached hydrogen (secondary N) is 2. The molecule has 9 heteroatoms. The lowest BCUT2D eigenvalue weighted by atomic mass is 9.96. The number of carbonyl (C=O) groups is 2. The largest absolute Gasteiger partial charge is 0.504 e. The van der Waals surface area contributed by atoms with Crippen molar-refractivity contribution in [3.63, 3.8) is 0 Å². The number of aliphatic imine (C=N–C) groups is 1. The van der Waals surface area contributed by atoms with Gasteiger partial charge in [0.15, 0.2) is 11.5 Å². The highest BCUT2D eigenvalue weighted by molar-refractivity contribution is 6.12. The lowest BCUT2D eigenvalue weighted by Gasteiger charge is -2.10. The van der Waals surface area contributed by atoms with Gasteiger partial charge in [0.2, 0.25) is 5.91 Å². The lowest BCUT2D eigenvalue weighted by molar-refractivity contribution is -0.115. The Morgan fingerprint density at radius 1 is 1.16 bits per heavy atom. The van der Waals surface area contributed by atoms with Gasteiger partial charge in [-0.3, -0.25) is 19.3 Å². The summed E-state index contributed by atoms with van der Waals surface area (Å²) in [6.45, 7) is 1.84. The number of hydrogen-bond donors (Lipinski definition) is 3. The number of ether oxygens (including phenoxy) is 1. The van der Waals surface area contributed by atoms with E-state index in [1.807, 2.05) is 49.4 Å². The fraction of sp³-hybridized carbons (Fsp3) is 0.172. The van der Waals surface area contributed by atoms with Gasteiger partial charge in [-0.25, -0.2) is 0 Å². The minimum atomic E-state index is -0.554. The number of benzene rings is 3. The predicted molar refractivity (Wildman–Crippen MR) is 146 cm³/mol. The number of anilines is 2. The van der Waals surface area contributed by atoms with E-state index < -0.39 is 5.92 Å². The zero-order chi connectivity index (χ0) is 26.8. The zero-order valence-electron chi connectivity index (χ0n) is 21.2. The molecule has 192 valence electrons. The molecule has 4 aromatic rings. The smallest absolute Gasteiger partial charge is 0.273 e. The standard InChI is InChI=1S/C29H27N5O4/c1-17-11-25(34(2)33-17)29(37)31-21-6-4-5-18(13-21)12-19-7-9-24-22(14-19)23(28(36)32-24)16-30-20-8-10-27(38-3)26(35)15-20/h4-11,13-16,23,35H,12H2,1-3H3,(H,31,37)(H,32,36). The van der Waals surface area contributed by atoms with E-state index in [0.29, 0.717) is 29.2 Å². The number of methoxy groups -OCH3 is 1. The molecule has 0 saturated heterocycles. The van der Waals surface area contributed by atoms with Crippen molar-refractivity contribution in [1.82, 2.24) is 9.78 Å². The maximum Gasteiger partial charge on any atom is 0.273 e. The first-order valence-electron chi connectivity index (χ1n) is 12.1. The fourth-order valence-electron chi connectivity index (χ4n) is 4.53. The Bertz CT molecular complexity index is 1570. The third kappa shape index (κ3) is 5.12. The maximum absolute atomic E-state index is 12.7. The maximum atomic E-state index is 12.7. The molecule has 0 spiro atoms. The number of phenolic OH excluding ortho intramolecular Hbond substituents is 1. The van der Waals surface area contributed by atoms with Gasteiger partial charge in [0.25, 0.3) is 5.91 Å². The molecule has 3 aromatic carbocycles. The average molecular weight is 510 g/mol. The van der Waals surface area contributed by atoms with Crippen LogP contribution in [0.1, 0.15) is 38.8 Å². The van der Waals surface area contributed by atoms with E-state index in [2.05, 4.69) is 20.7 Å². The highest BCUT2D eigenvalue weighted by atomic mass is 16.5. The first-order valence-corrected chi connectivity index (χ1v) is 12.1. The quantitative estimate of drug-likeness (QED) is 0.312. The summed E-state index contributed by atoms with van der Waals surface area (Å²) in [5, 5.41) is 20.1. The van der Waals surface area contributed by atoms with Gasteiger partial charge in [0.1, 0.15) is 11.6 Å². The van der Waals surface area contributed by atoms with Crippen molar-refractivity contribution >= 4 is 35.1 Å². The number of aromatic nitrogens is 2. The summed E-state index contributed by atoms with van der Waals surface area (Å²) in [5.74, 6) is -0.599. The van der Waals surface area contributed by atoms with Crippen LogP contribution in [0.25, 0.3) is 0 Å². The van der Waals surface area contributed by atoms with Gasteiger partial charge in [-0.05, 0) is 66.4 Å². The van der Waals surface area contributed by atoms with Crippen LogP contribution in [0.5, 0.6) is 11.5 Å². The van der Waals surface area contributed by atoms with E-state index in [9.17, 15) is 14.7 Å². The molecule has 0 bridgehead atoms. The number of aromatic hydroxyl groups is 1. The Morgan fingerprint density at radius 3 is 2.71 bits per heavy atom. The molecule has 0 aliphatic carbocycles. The zero-order valence-corrected chi connectivity index (χ0v) is 21.2. The number of carbonyl (C=O) groups excluding carboxylic acids is 2. The fourth-order valence-corrected chi connectivity index (χ4v) is 4.53. The topological polar surface area (TPSA) is 118 Å². The van der Waals surface area contributed by atoms with Crippen molar-refractivity contribution in [3.05, 3.63) is 94.8 Å². The van der Waals surface area contributed by atoms with E-state index in [1.54, 1.807) is 36.1 Å². The molecule has 38 heavy (non-hydrogen) atoms. The van der Waals surface area contributed by atoms with Crippen LogP contribution >= 0.6 is 0 Å². The summed E-state index contributed by atoms with van der Waals surface area (Å²) in [4.78, 5) is 29.8. The van der Waals surface area contributed by atoms with Crippen LogP contribution in [0.2, 0.25) is 0 Å². The monoisotopic (exact) mass is 509 g/mol. The molecule has 5 rings (SSSR count). The number of fused-ring (bicyclic) bond motifs is 1. The van der Waals surface area contributed by atoms with Gasteiger partial charge in [0.05, 0.1) is 18.5 Å². The normalized spacial score (nSPS) is 14.4. The summed E-state index contributed by atoms with van der Waals surface area (Å²) in [5.41, 5.74) is 6.09. The van der Waals surface area contributed by atoms with Crippen LogP contribution in [0.4, 0.5) is 17.1 Å². The highest BCUT2D eigenvalue weighted by Gasteiger charge is 2.29. The molecule has 2 heterocycles. The molecule has 2 amide bonds. The second kappa shape index (κ2) is 10.2. The van der Waals surface area contributed by atoms with Crippen molar-refractivity contribution in [2.75, 3.05) is 17.7 Å². The van der Waals surface area contributed by atoms with Gasteiger partial charge in [-0.15, -0.1) is 0 Å². The molecular formula is C29H27N5O4. The first kappa shape index (κ1) is 24.8. The molecule has 1 unspecified atom stereocenters. The SMILES string of the molecule is COc1ccc(N=CC2C(=O)Nc3ccc(Cc4cccc(NC(=O)c5cc(C)nn5C)c4)cc32)cc1O. The number of phenols is 1. The molecular weight excluding hydrogens is 482 g/mol. The molecule has 1 aliphatic rings. The summed E-state index contributed by atoms with van der Waals surface area (Å²) < 4.78 is 6.63. The average Bonchev–Trinajstić information content (AvgIpc) is 3.39. The van der Waals surface area contributed by atoms with Crippen molar-refractivity contribution in [1.29, 1.82) is 0 Å². The summed E-state index contributed by atoms with van der Waals surface area (Å²) in [6.07, 6.45) is 2.20. The van der Waals surface area contributed by atoms with Gasteiger partial charge >= 0.3 is 0 Å². The number of aryl methyl sites for hydroxylation is 2. The Hall–Kier alpha value is -4.92. The van der Waals surface area contributed by atoms with Crippen molar-refractivity contribution < 1.29 is 19.4 Å². The minimum Gasteiger partial charge on any atom is -0.504 e. The van der Waals surface area contributed by atoms with E-state index >= 15 is 0 Å². The van der Waals surface area contributed by atoms with Crippen molar-refractivity contribution in [2.45, 2.75) is 19.3 Å². The predicted octanol–water partition coefficient (Wildman–Crippen LogP) is 4.72. The first-order chi connectivity index (χ1) is 18.3. The molecule has 1 aliphatic heterocycles. The number of amides is 2. The molecule has 1 atom stereocenters. The molecule has 9 nitrogen and oxygen atoms in total. The molecule has 1 aromatic heterocycles. The number of hydrogen-bond acceptors (Lipinski definition) is 6. The Balaban J connectivity index is 1.32. The van der Waals surface area contributed by atoms with Crippen molar-refractivity contribution in [2.24, 2.45) is 12.0 Å². The van der Waals surface area contributed by atoms with Crippen LogP contribution in [0.3, 0.4) is 0 Å². The second-order valence-electron chi connectivity index (χ2n) is 9.15. The van der Waals surface area contributed by atoms with E-state index in [1.165, 1.54) is 13.2 Å². The third-order valence-corrected chi connectivity index (χ3v) is 6.35. The van der Waals surface area contributed by atoms with E-state index in [-0.39, 0.29) is 17.6 Å². The van der Waals surface area contributed by atoms with Crippen LogP contribution in [0.15, 0.2) is 71.7 Å². The van der Waals surface area contributed by atoms with Crippen LogP contribution < -0.4 is 15.4 Å². The van der Waals surface area contributed by atoms with Crippen LogP contribution in [0, 0.1) is 6.92 Å². The summed E-state index contributed by atoms with van der Waals surface area (Å²) in [7, 11) is 3.22. The van der Waals surface area contributed by atoms with Crippen LogP contribution in [-0.4, -0.2) is 40.0 Å². The van der Waals surface area contributed by atoms with Crippen LogP contribution in [-0.2, 0) is 18.3 Å². The Kier molecular flexibility index (Phi) is 6.66. The molecule has 0 saturated carbocycles. The van der Waals surface area contributed by atoms with E-state index in [4.69, 9.17) is 4.74 Å². The van der Waals surface area contributed by atoms with Gasteiger partial charge in [-0.1, -0.05) is 24.3 Å². The highest BCUT2D eigenvalue weighted by Crippen LogP contribution is 2.34. The molecule has 3 N–H and O–H groups in total. The molecule has 0 radical (unpaired) electrons. The lowest BCUT2D eigenvalue weighted by Crippen LogP contribution is -2.16. The second-order valence-corrected chi connectivity index (χ2v) is 9.15. The van der Waals surface area contributed by atoms with Gasteiger partial charge < -0.3 is 20.5 Å². The third-order valence-electron chi connectivity index (χ3n) is 6.35. The minimum absolute atomic E-state index is 0.0189.